The first-order valence-corrected chi connectivity index (χ1v) is 6.28. The summed E-state index contributed by atoms with van der Waals surface area (Å²) in [5.74, 6) is -0.825. The summed E-state index contributed by atoms with van der Waals surface area (Å²) in [5.41, 5.74) is 0.298. The topological polar surface area (TPSA) is 75.6 Å². The van der Waals surface area contributed by atoms with Gasteiger partial charge in [0.1, 0.15) is 5.75 Å². The number of rotatable bonds is 6. The Morgan fingerprint density at radius 2 is 1.95 bits per heavy atom. The van der Waals surface area contributed by atoms with Crippen molar-refractivity contribution in [1.29, 1.82) is 0 Å². The lowest BCUT2D eigenvalue weighted by molar-refractivity contribution is -0.124. The van der Waals surface area contributed by atoms with Crippen LogP contribution in [0.4, 0.5) is 0 Å². The molecule has 0 aromatic heterocycles. The molecule has 1 aromatic carbocycles. The smallest absolute Gasteiger partial charge is 0.338 e. The molecule has 1 atom stereocenters. The number of hydrogen-bond acceptors (Lipinski definition) is 4. The number of phenols is 1. The summed E-state index contributed by atoms with van der Waals surface area (Å²) in [7, 11) is 0. The van der Waals surface area contributed by atoms with Crippen LogP contribution < -0.4 is 5.32 Å². The lowest BCUT2D eigenvalue weighted by atomic mass is 10.2. The Balaban J connectivity index is 2.37. The fourth-order valence-corrected chi connectivity index (χ4v) is 1.63. The van der Waals surface area contributed by atoms with Gasteiger partial charge in [0.05, 0.1) is 5.56 Å². The van der Waals surface area contributed by atoms with Gasteiger partial charge in [-0.2, -0.15) is 0 Å². The van der Waals surface area contributed by atoms with Crippen LogP contribution in [0.15, 0.2) is 24.3 Å². The monoisotopic (exact) mass is 265 g/mol. The second-order valence-corrected chi connectivity index (χ2v) is 4.38. The molecule has 19 heavy (non-hydrogen) atoms. The second kappa shape index (κ2) is 7.41. The zero-order valence-electron chi connectivity index (χ0n) is 11.2. The Labute approximate surface area is 112 Å². The fourth-order valence-electron chi connectivity index (χ4n) is 1.63. The van der Waals surface area contributed by atoms with E-state index in [0.29, 0.717) is 5.56 Å². The Morgan fingerprint density at radius 3 is 2.53 bits per heavy atom. The van der Waals surface area contributed by atoms with Crippen LogP contribution in [-0.2, 0) is 9.53 Å². The summed E-state index contributed by atoms with van der Waals surface area (Å²) in [6, 6.07) is 5.73. The van der Waals surface area contributed by atoms with E-state index in [9.17, 15) is 9.59 Å². The Kier molecular flexibility index (Phi) is 5.85. The fraction of sp³-hybridized carbons (Fsp3) is 0.429. The molecule has 1 rings (SSSR count). The second-order valence-electron chi connectivity index (χ2n) is 4.38. The predicted octanol–water partition coefficient (Wildman–Crippen LogP) is 1.85. The summed E-state index contributed by atoms with van der Waals surface area (Å²) >= 11 is 0. The molecule has 0 aliphatic heterocycles. The van der Waals surface area contributed by atoms with Crippen molar-refractivity contribution in [3.8, 4) is 5.75 Å². The van der Waals surface area contributed by atoms with E-state index < -0.39 is 5.97 Å². The first kappa shape index (κ1) is 15.0. The molecule has 0 aliphatic rings. The highest BCUT2D eigenvalue weighted by Gasteiger charge is 2.11. The van der Waals surface area contributed by atoms with E-state index in [4.69, 9.17) is 9.84 Å². The van der Waals surface area contributed by atoms with Crippen molar-refractivity contribution in [2.45, 2.75) is 32.7 Å². The van der Waals surface area contributed by atoms with Crippen molar-refractivity contribution >= 4 is 11.9 Å². The Bertz CT molecular complexity index is 428. The highest BCUT2D eigenvalue weighted by molar-refractivity contribution is 5.91. The molecule has 5 nitrogen and oxygen atoms in total. The van der Waals surface area contributed by atoms with E-state index in [-0.39, 0.29) is 24.3 Å². The van der Waals surface area contributed by atoms with Crippen molar-refractivity contribution in [2.24, 2.45) is 0 Å². The average molecular weight is 265 g/mol. The van der Waals surface area contributed by atoms with E-state index in [1.807, 2.05) is 13.8 Å². The maximum atomic E-state index is 11.6. The molecule has 0 spiro atoms. The van der Waals surface area contributed by atoms with Gasteiger partial charge in [0.2, 0.25) is 0 Å². The highest BCUT2D eigenvalue weighted by Crippen LogP contribution is 2.10. The van der Waals surface area contributed by atoms with Crippen molar-refractivity contribution in [2.75, 3.05) is 6.61 Å². The van der Waals surface area contributed by atoms with Gasteiger partial charge >= 0.3 is 5.97 Å². The first-order chi connectivity index (χ1) is 9.02. The lowest BCUT2D eigenvalue weighted by Gasteiger charge is -2.12. The largest absolute Gasteiger partial charge is 0.508 e. The molecule has 1 aromatic rings. The molecule has 0 fully saturated rings. The minimum atomic E-state index is -0.585. The standard InChI is InChI=1S/C14H19NO4/c1-3-4-10(2)15-13(17)9-19-14(18)11-5-7-12(16)8-6-11/h5-8,10,16H,3-4,9H2,1-2H3,(H,15,17). The number of carbonyl (C=O) groups is 2. The molecule has 1 unspecified atom stereocenters. The van der Waals surface area contributed by atoms with Gasteiger partial charge in [-0.3, -0.25) is 4.79 Å². The molecule has 0 saturated heterocycles. The quantitative estimate of drug-likeness (QED) is 0.770. The van der Waals surface area contributed by atoms with Crippen molar-refractivity contribution in [3.63, 3.8) is 0 Å². The molecule has 2 N–H and O–H groups in total. The highest BCUT2D eigenvalue weighted by atomic mass is 16.5. The predicted molar refractivity (Wildman–Crippen MR) is 70.9 cm³/mol. The molecule has 0 aliphatic carbocycles. The van der Waals surface area contributed by atoms with E-state index in [2.05, 4.69) is 5.32 Å². The van der Waals surface area contributed by atoms with Crippen LogP contribution in [-0.4, -0.2) is 29.6 Å². The maximum Gasteiger partial charge on any atom is 0.338 e. The molecule has 104 valence electrons. The van der Waals surface area contributed by atoms with Gasteiger partial charge in [-0.05, 0) is 37.6 Å². The van der Waals surface area contributed by atoms with Gasteiger partial charge < -0.3 is 15.2 Å². The molecule has 0 heterocycles. The SMILES string of the molecule is CCCC(C)NC(=O)COC(=O)c1ccc(O)cc1. The Morgan fingerprint density at radius 1 is 1.32 bits per heavy atom. The van der Waals surface area contributed by atoms with Gasteiger partial charge in [-0.1, -0.05) is 13.3 Å². The van der Waals surface area contributed by atoms with Crippen molar-refractivity contribution in [3.05, 3.63) is 29.8 Å². The number of benzene rings is 1. The molecular formula is C14H19NO4. The van der Waals surface area contributed by atoms with Gasteiger partial charge in [0, 0.05) is 6.04 Å². The van der Waals surface area contributed by atoms with Crippen LogP contribution in [0.5, 0.6) is 5.75 Å². The van der Waals surface area contributed by atoms with Gasteiger partial charge in [-0.25, -0.2) is 4.79 Å². The van der Waals surface area contributed by atoms with Crippen LogP contribution in [0.1, 0.15) is 37.0 Å². The van der Waals surface area contributed by atoms with Crippen LogP contribution in [0.3, 0.4) is 0 Å². The number of aromatic hydroxyl groups is 1. The van der Waals surface area contributed by atoms with Gasteiger partial charge in [0.15, 0.2) is 6.61 Å². The minimum absolute atomic E-state index is 0.0719. The molecule has 5 heteroatoms. The minimum Gasteiger partial charge on any atom is -0.508 e. The average Bonchev–Trinajstić information content (AvgIpc) is 2.37. The summed E-state index contributed by atoms with van der Waals surface area (Å²) in [6.45, 7) is 3.64. The number of phenolic OH excluding ortho intramolecular Hbond substituents is 1. The zero-order valence-corrected chi connectivity index (χ0v) is 11.2. The molecule has 0 radical (unpaired) electrons. The van der Waals surface area contributed by atoms with Gasteiger partial charge in [0.25, 0.3) is 5.91 Å². The van der Waals surface area contributed by atoms with Gasteiger partial charge in [-0.15, -0.1) is 0 Å². The van der Waals surface area contributed by atoms with Crippen LogP contribution in [0, 0.1) is 0 Å². The third-order valence-corrected chi connectivity index (χ3v) is 2.57. The van der Waals surface area contributed by atoms with Crippen molar-refractivity contribution < 1.29 is 19.4 Å². The van der Waals surface area contributed by atoms with E-state index >= 15 is 0 Å². The Hall–Kier alpha value is -2.04. The third-order valence-electron chi connectivity index (χ3n) is 2.57. The summed E-state index contributed by atoms with van der Waals surface area (Å²) < 4.78 is 4.88. The molecule has 0 saturated carbocycles. The zero-order chi connectivity index (χ0) is 14.3. The number of carbonyl (C=O) groups excluding carboxylic acids is 2. The number of nitrogens with one attached hydrogen (secondary N) is 1. The lowest BCUT2D eigenvalue weighted by Crippen LogP contribution is -2.35. The van der Waals surface area contributed by atoms with Crippen molar-refractivity contribution in [1.82, 2.24) is 5.32 Å². The van der Waals surface area contributed by atoms with E-state index in [1.165, 1.54) is 24.3 Å². The number of amides is 1. The van der Waals surface area contributed by atoms with Crippen LogP contribution in [0.2, 0.25) is 0 Å². The first-order valence-electron chi connectivity index (χ1n) is 6.28. The number of esters is 1. The molecular weight excluding hydrogens is 246 g/mol. The summed E-state index contributed by atoms with van der Waals surface area (Å²) in [4.78, 5) is 23.1. The van der Waals surface area contributed by atoms with Crippen LogP contribution >= 0.6 is 0 Å². The number of hydrogen-bond donors (Lipinski definition) is 2. The normalized spacial score (nSPS) is 11.7. The van der Waals surface area contributed by atoms with Crippen LogP contribution in [0.25, 0.3) is 0 Å². The maximum absolute atomic E-state index is 11.6. The number of ether oxygens (including phenoxy) is 1. The summed E-state index contributed by atoms with van der Waals surface area (Å²) in [5, 5.41) is 11.8. The summed E-state index contributed by atoms with van der Waals surface area (Å²) in [6.07, 6.45) is 1.87. The van der Waals surface area contributed by atoms with E-state index in [1.54, 1.807) is 0 Å². The molecule has 0 bridgehead atoms. The molecule has 1 amide bonds. The third kappa shape index (κ3) is 5.42. The van der Waals surface area contributed by atoms with E-state index in [0.717, 1.165) is 12.8 Å².